The van der Waals surface area contributed by atoms with Gasteiger partial charge in [0, 0.05) is 6.42 Å². The second-order valence-corrected chi connectivity index (χ2v) is 6.45. The Bertz CT molecular complexity index is 396. The molecule has 0 aliphatic heterocycles. The van der Waals surface area contributed by atoms with E-state index < -0.39 is 5.97 Å². The topological polar surface area (TPSA) is 37.3 Å². The van der Waals surface area contributed by atoms with E-state index in [1.54, 1.807) is 0 Å². The van der Waals surface area contributed by atoms with Crippen molar-refractivity contribution in [1.29, 1.82) is 0 Å². The summed E-state index contributed by atoms with van der Waals surface area (Å²) in [5, 5.41) is 8.56. The van der Waals surface area contributed by atoms with Crippen LogP contribution in [0.5, 0.6) is 0 Å². The van der Waals surface area contributed by atoms with Crippen molar-refractivity contribution < 1.29 is 9.90 Å². The Hall–Kier alpha value is -1.31. The van der Waals surface area contributed by atoms with Gasteiger partial charge < -0.3 is 5.11 Å². The first kappa shape index (κ1) is 20.7. The molecule has 0 aromatic heterocycles. The lowest BCUT2D eigenvalue weighted by Gasteiger charge is -2.02. The van der Waals surface area contributed by atoms with Crippen LogP contribution >= 0.6 is 0 Å². The van der Waals surface area contributed by atoms with E-state index in [4.69, 9.17) is 5.11 Å². The van der Waals surface area contributed by atoms with Gasteiger partial charge in [-0.15, -0.1) is 0 Å². The van der Waals surface area contributed by atoms with E-state index in [1.165, 1.54) is 16.7 Å². The number of hydrogen-bond donors (Lipinski definition) is 1. The lowest BCUT2D eigenvalue weighted by Crippen LogP contribution is -1.93. The molecule has 0 saturated carbocycles. The van der Waals surface area contributed by atoms with Crippen molar-refractivity contribution in [3.63, 3.8) is 0 Å². The highest BCUT2D eigenvalue weighted by Gasteiger charge is 1.96. The molecule has 0 unspecified atom stereocenters. The number of carboxylic acids is 1. The molecule has 0 heterocycles. The van der Waals surface area contributed by atoms with E-state index in [0.717, 1.165) is 51.4 Å². The van der Waals surface area contributed by atoms with Crippen molar-refractivity contribution in [2.45, 2.75) is 85.5 Å². The molecule has 0 atom stereocenters. The van der Waals surface area contributed by atoms with Crippen LogP contribution in [0.3, 0.4) is 0 Å². The van der Waals surface area contributed by atoms with Crippen LogP contribution in [0.1, 0.15) is 85.5 Å². The second-order valence-electron chi connectivity index (χ2n) is 6.45. The molecule has 22 heavy (non-hydrogen) atoms. The van der Waals surface area contributed by atoms with Gasteiger partial charge in [-0.25, -0.2) is 0 Å². The Morgan fingerprint density at radius 2 is 1.27 bits per heavy atom. The molecule has 2 heteroatoms. The molecule has 0 amide bonds. The summed E-state index contributed by atoms with van der Waals surface area (Å²) in [6.07, 6.45) is 15.8. The third-order valence-corrected chi connectivity index (χ3v) is 3.71. The zero-order valence-electron chi connectivity index (χ0n) is 15.0. The van der Waals surface area contributed by atoms with Crippen LogP contribution in [0.25, 0.3) is 0 Å². The molecule has 0 aromatic carbocycles. The third kappa shape index (κ3) is 15.1. The Morgan fingerprint density at radius 1 is 0.727 bits per heavy atom. The molecule has 0 bridgehead atoms. The lowest BCUT2D eigenvalue weighted by atomic mass is 10.0. The zero-order valence-corrected chi connectivity index (χ0v) is 15.0. The first-order valence-corrected chi connectivity index (χ1v) is 8.58. The predicted octanol–water partition coefficient (Wildman–Crippen LogP) is 6.44. The summed E-state index contributed by atoms with van der Waals surface area (Å²) in [4.78, 5) is 10.4. The molecule has 0 rings (SSSR count). The minimum Gasteiger partial charge on any atom is -0.481 e. The Labute approximate surface area is 137 Å². The average Bonchev–Trinajstić information content (AvgIpc) is 2.42. The molecule has 0 aliphatic rings. The van der Waals surface area contributed by atoms with Gasteiger partial charge in [0.05, 0.1) is 0 Å². The summed E-state index contributed by atoms with van der Waals surface area (Å²) in [5.74, 6) is -0.682. The van der Waals surface area contributed by atoms with Gasteiger partial charge in [0.1, 0.15) is 0 Å². The molecule has 0 fully saturated rings. The molecular weight excluding hydrogens is 272 g/mol. The van der Waals surface area contributed by atoms with Crippen molar-refractivity contribution in [2.75, 3.05) is 0 Å². The average molecular weight is 306 g/mol. The summed E-state index contributed by atoms with van der Waals surface area (Å²) in [6.45, 7) is 8.72. The van der Waals surface area contributed by atoms with E-state index in [0.29, 0.717) is 6.42 Å². The number of allylic oxidation sites excluding steroid dienone is 6. The summed E-state index contributed by atoms with van der Waals surface area (Å²) in [7, 11) is 0. The first-order valence-electron chi connectivity index (χ1n) is 8.58. The summed E-state index contributed by atoms with van der Waals surface area (Å²) in [5.41, 5.74) is 4.33. The van der Waals surface area contributed by atoms with Gasteiger partial charge >= 0.3 is 5.97 Å². The fourth-order valence-corrected chi connectivity index (χ4v) is 2.28. The van der Waals surface area contributed by atoms with Crippen molar-refractivity contribution >= 4 is 5.97 Å². The molecule has 0 aliphatic carbocycles. The molecule has 0 saturated heterocycles. The zero-order chi connectivity index (χ0) is 16.8. The number of hydrogen-bond acceptors (Lipinski definition) is 1. The summed E-state index contributed by atoms with van der Waals surface area (Å²) < 4.78 is 0. The van der Waals surface area contributed by atoms with Gasteiger partial charge in [0.15, 0.2) is 0 Å². The number of carbonyl (C=O) groups is 1. The molecule has 0 radical (unpaired) electrons. The minimum absolute atomic E-state index is 0.305. The molecule has 126 valence electrons. The second kappa shape index (κ2) is 13.4. The van der Waals surface area contributed by atoms with Crippen molar-refractivity contribution in [3.8, 4) is 0 Å². The largest absolute Gasteiger partial charge is 0.481 e. The van der Waals surface area contributed by atoms with Gasteiger partial charge in [-0.1, -0.05) is 41.4 Å². The lowest BCUT2D eigenvalue weighted by molar-refractivity contribution is -0.137. The van der Waals surface area contributed by atoms with Crippen LogP contribution < -0.4 is 0 Å². The van der Waals surface area contributed by atoms with E-state index in [1.807, 2.05) is 0 Å². The van der Waals surface area contributed by atoms with Gasteiger partial charge in [-0.2, -0.15) is 0 Å². The number of aliphatic carboxylic acids is 1. The number of rotatable bonds is 12. The van der Waals surface area contributed by atoms with E-state index >= 15 is 0 Å². The van der Waals surface area contributed by atoms with Crippen LogP contribution in [0.2, 0.25) is 0 Å². The molecule has 2 nitrogen and oxygen atoms in total. The number of unbranched alkanes of at least 4 members (excludes halogenated alkanes) is 3. The molecule has 1 N–H and O–H groups in total. The third-order valence-electron chi connectivity index (χ3n) is 3.71. The van der Waals surface area contributed by atoms with Crippen molar-refractivity contribution in [3.05, 3.63) is 34.9 Å². The first-order chi connectivity index (χ1) is 10.4. The van der Waals surface area contributed by atoms with Crippen LogP contribution in [-0.2, 0) is 4.79 Å². The highest BCUT2D eigenvalue weighted by molar-refractivity contribution is 5.66. The van der Waals surface area contributed by atoms with Gasteiger partial charge in [0.25, 0.3) is 0 Å². The summed E-state index contributed by atoms with van der Waals surface area (Å²) in [6, 6.07) is 0. The van der Waals surface area contributed by atoms with E-state index in [9.17, 15) is 4.79 Å². The fourth-order valence-electron chi connectivity index (χ4n) is 2.28. The fraction of sp³-hybridized carbons (Fsp3) is 0.650. The van der Waals surface area contributed by atoms with Gasteiger partial charge in [0.2, 0.25) is 0 Å². The van der Waals surface area contributed by atoms with Crippen LogP contribution in [0.15, 0.2) is 34.9 Å². The maximum atomic E-state index is 10.4. The van der Waals surface area contributed by atoms with Gasteiger partial charge in [-0.3, -0.25) is 4.79 Å². The van der Waals surface area contributed by atoms with E-state index in [-0.39, 0.29) is 0 Å². The van der Waals surface area contributed by atoms with Crippen LogP contribution in [0.4, 0.5) is 0 Å². The monoisotopic (exact) mass is 306 g/mol. The SMILES string of the molecule is CC(C)=CCCC(C)=CCCC(C)=CCCCCCC(=O)O. The Kier molecular flexibility index (Phi) is 12.6. The van der Waals surface area contributed by atoms with E-state index in [2.05, 4.69) is 45.9 Å². The Balaban J connectivity index is 3.73. The smallest absolute Gasteiger partial charge is 0.303 e. The minimum atomic E-state index is -0.682. The normalized spacial score (nSPS) is 12.4. The molecular formula is C20H34O2. The number of carboxylic acid groups (broad SMARTS) is 1. The van der Waals surface area contributed by atoms with Crippen molar-refractivity contribution in [2.24, 2.45) is 0 Å². The quantitative estimate of drug-likeness (QED) is 0.333. The van der Waals surface area contributed by atoms with Gasteiger partial charge in [-0.05, 0) is 72.6 Å². The predicted molar refractivity (Wildman–Crippen MR) is 96.1 cm³/mol. The van der Waals surface area contributed by atoms with Crippen molar-refractivity contribution in [1.82, 2.24) is 0 Å². The maximum absolute atomic E-state index is 10.4. The highest BCUT2D eigenvalue weighted by atomic mass is 16.4. The molecule has 0 aromatic rings. The Morgan fingerprint density at radius 3 is 1.82 bits per heavy atom. The molecule has 0 spiro atoms. The van der Waals surface area contributed by atoms with Crippen LogP contribution in [-0.4, -0.2) is 11.1 Å². The maximum Gasteiger partial charge on any atom is 0.303 e. The standard InChI is InChI=1S/C20H34O2/c1-17(2)11-9-13-19(4)15-10-14-18(3)12-7-5-6-8-16-20(21)22/h11-12,15H,5-10,13-14,16H2,1-4H3,(H,21,22). The highest BCUT2D eigenvalue weighted by Crippen LogP contribution is 2.13. The van der Waals surface area contributed by atoms with Crippen LogP contribution in [0, 0.1) is 0 Å². The summed E-state index contributed by atoms with van der Waals surface area (Å²) >= 11 is 0.